The van der Waals surface area contributed by atoms with Gasteiger partial charge in [-0.15, -0.1) is 0 Å². The van der Waals surface area contributed by atoms with Crippen molar-refractivity contribution < 1.29 is 14.3 Å². The van der Waals surface area contributed by atoms with Crippen molar-refractivity contribution in [1.29, 1.82) is 0 Å². The number of hydrogen-bond donors (Lipinski definition) is 0. The van der Waals surface area contributed by atoms with Crippen LogP contribution in [0.2, 0.25) is 0 Å². The number of aromatic nitrogens is 1. The predicted molar refractivity (Wildman–Crippen MR) is 69.9 cm³/mol. The summed E-state index contributed by atoms with van der Waals surface area (Å²) in [4.78, 5) is 17.6. The molecule has 0 unspecified atom stereocenters. The number of nitrogens with zero attached hydrogens (tertiary/aromatic N) is 2. The van der Waals surface area contributed by atoms with E-state index in [2.05, 4.69) is 4.98 Å². The van der Waals surface area contributed by atoms with Crippen molar-refractivity contribution >= 4 is 11.8 Å². The molecule has 0 fully saturated rings. The summed E-state index contributed by atoms with van der Waals surface area (Å²) in [5.41, 5.74) is 0. The molecule has 100 valence electrons. The molecule has 0 aliphatic rings. The van der Waals surface area contributed by atoms with Crippen molar-refractivity contribution in [2.75, 3.05) is 31.2 Å². The lowest BCUT2D eigenvalue weighted by Crippen LogP contribution is -2.31. The Bertz CT molecular complexity index is 382. The quantitative estimate of drug-likeness (QED) is 0.693. The van der Waals surface area contributed by atoms with Crippen LogP contribution in [-0.4, -0.2) is 37.3 Å². The summed E-state index contributed by atoms with van der Waals surface area (Å²) in [5, 5.41) is 0. The predicted octanol–water partition coefficient (Wildman–Crippen LogP) is 1.87. The Morgan fingerprint density at radius 1 is 1.33 bits per heavy atom. The van der Waals surface area contributed by atoms with E-state index in [9.17, 15) is 4.79 Å². The van der Waals surface area contributed by atoms with Crippen LogP contribution in [0.5, 0.6) is 5.75 Å². The Morgan fingerprint density at radius 2 is 2.11 bits per heavy atom. The minimum Gasteiger partial charge on any atom is -0.490 e. The van der Waals surface area contributed by atoms with Gasteiger partial charge in [-0.3, -0.25) is 4.79 Å². The highest BCUT2D eigenvalue weighted by molar-refractivity contribution is 5.76. The standard InChI is InChI=1S/C13H20N2O3/c1-4-15(10-12(16)18-6-3)13-11(17-5-2)8-7-9-14-13/h7-9H,4-6,10H2,1-3H3. The molecule has 5 nitrogen and oxygen atoms in total. The van der Waals surface area contributed by atoms with E-state index in [0.29, 0.717) is 31.3 Å². The molecule has 0 saturated heterocycles. The summed E-state index contributed by atoms with van der Waals surface area (Å²) in [7, 11) is 0. The van der Waals surface area contributed by atoms with Crippen molar-refractivity contribution in [3.05, 3.63) is 18.3 Å². The molecule has 5 heteroatoms. The lowest BCUT2D eigenvalue weighted by Gasteiger charge is -2.22. The molecule has 0 aliphatic carbocycles. The third-order valence-corrected chi connectivity index (χ3v) is 2.36. The van der Waals surface area contributed by atoms with Crippen LogP contribution in [0.15, 0.2) is 18.3 Å². The fraction of sp³-hybridized carbons (Fsp3) is 0.538. The van der Waals surface area contributed by atoms with Crippen molar-refractivity contribution in [1.82, 2.24) is 4.98 Å². The van der Waals surface area contributed by atoms with Crippen LogP contribution in [0, 0.1) is 0 Å². The molecule has 0 atom stereocenters. The zero-order valence-electron chi connectivity index (χ0n) is 11.2. The molecule has 1 aromatic heterocycles. The normalized spacial score (nSPS) is 9.94. The van der Waals surface area contributed by atoms with E-state index in [-0.39, 0.29) is 12.5 Å². The first-order valence-corrected chi connectivity index (χ1v) is 6.21. The second-order valence-corrected chi connectivity index (χ2v) is 3.58. The number of carbonyl (C=O) groups is 1. The van der Waals surface area contributed by atoms with E-state index in [1.165, 1.54) is 0 Å². The van der Waals surface area contributed by atoms with Gasteiger partial charge in [0, 0.05) is 12.7 Å². The SMILES string of the molecule is CCOC(=O)CN(CC)c1ncccc1OCC. The summed E-state index contributed by atoms with van der Waals surface area (Å²) in [6.07, 6.45) is 1.69. The lowest BCUT2D eigenvalue weighted by atomic mass is 10.3. The molecule has 0 saturated carbocycles. The number of rotatable bonds is 7. The smallest absolute Gasteiger partial charge is 0.325 e. The van der Waals surface area contributed by atoms with Crippen molar-refractivity contribution in [3.63, 3.8) is 0 Å². The van der Waals surface area contributed by atoms with Gasteiger partial charge in [-0.2, -0.15) is 0 Å². The number of esters is 1. The maximum absolute atomic E-state index is 11.5. The van der Waals surface area contributed by atoms with E-state index in [4.69, 9.17) is 9.47 Å². The maximum Gasteiger partial charge on any atom is 0.325 e. The van der Waals surface area contributed by atoms with Gasteiger partial charge in [-0.1, -0.05) is 0 Å². The molecule has 0 amide bonds. The van der Waals surface area contributed by atoms with Crippen LogP contribution in [0.25, 0.3) is 0 Å². The molecule has 0 bridgehead atoms. The Balaban J connectivity index is 2.83. The number of likely N-dealkylation sites (N-methyl/N-ethyl adjacent to an activating group) is 1. The number of anilines is 1. The average Bonchev–Trinajstić information content (AvgIpc) is 2.37. The van der Waals surface area contributed by atoms with Gasteiger partial charge in [0.25, 0.3) is 0 Å². The molecule has 18 heavy (non-hydrogen) atoms. The molecule has 1 rings (SSSR count). The molecule has 0 radical (unpaired) electrons. The van der Waals surface area contributed by atoms with Crippen molar-refractivity contribution in [3.8, 4) is 5.75 Å². The monoisotopic (exact) mass is 252 g/mol. The van der Waals surface area contributed by atoms with Crippen molar-refractivity contribution in [2.24, 2.45) is 0 Å². The topological polar surface area (TPSA) is 51.7 Å². The number of carbonyl (C=O) groups excluding carboxylic acids is 1. The number of ether oxygens (including phenoxy) is 2. The van der Waals surface area contributed by atoms with E-state index >= 15 is 0 Å². The Hall–Kier alpha value is -1.78. The molecule has 1 aromatic rings. The zero-order chi connectivity index (χ0) is 13.4. The Morgan fingerprint density at radius 3 is 2.72 bits per heavy atom. The van der Waals surface area contributed by atoms with E-state index in [0.717, 1.165) is 0 Å². The fourth-order valence-corrected chi connectivity index (χ4v) is 1.59. The first kappa shape index (κ1) is 14.3. The largest absolute Gasteiger partial charge is 0.490 e. The summed E-state index contributed by atoms with van der Waals surface area (Å²) >= 11 is 0. The van der Waals surface area contributed by atoms with Crippen molar-refractivity contribution in [2.45, 2.75) is 20.8 Å². The van der Waals surface area contributed by atoms with E-state index in [1.54, 1.807) is 13.1 Å². The van der Waals surface area contributed by atoms with Gasteiger partial charge in [0.05, 0.1) is 13.2 Å². The molecule has 0 N–H and O–H groups in total. The van der Waals surface area contributed by atoms with Crippen LogP contribution in [0.4, 0.5) is 5.82 Å². The Kier molecular flexibility index (Phi) is 5.97. The first-order valence-electron chi connectivity index (χ1n) is 6.21. The van der Waals surface area contributed by atoms with Gasteiger partial charge in [0.1, 0.15) is 6.54 Å². The third kappa shape index (κ3) is 3.91. The van der Waals surface area contributed by atoms with Gasteiger partial charge < -0.3 is 14.4 Å². The van der Waals surface area contributed by atoms with E-state index < -0.39 is 0 Å². The second-order valence-electron chi connectivity index (χ2n) is 3.58. The summed E-state index contributed by atoms with van der Waals surface area (Å²) in [6.45, 7) is 7.46. The third-order valence-electron chi connectivity index (χ3n) is 2.36. The minimum atomic E-state index is -0.257. The number of pyridine rings is 1. The summed E-state index contributed by atoms with van der Waals surface area (Å²) in [6, 6.07) is 3.66. The summed E-state index contributed by atoms with van der Waals surface area (Å²) in [5.74, 6) is 1.11. The fourth-order valence-electron chi connectivity index (χ4n) is 1.59. The highest BCUT2D eigenvalue weighted by atomic mass is 16.5. The van der Waals surface area contributed by atoms with Gasteiger partial charge in [-0.25, -0.2) is 4.98 Å². The molecule has 0 spiro atoms. The molecular formula is C13H20N2O3. The molecule has 0 aliphatic heterocycles. The van der Waals surface area contributed by atoms with Gasteiger partial charge in [0.2, 0.25) is 0 Å². The van der Waals surface area contributed by atoms with Crippen LogP contribution in [-0.2, 0) is 9.53 Å². The number of hydrogen-bond acceptors (Lipinski definition) is 5. The first-order chi connectivity index (χ1) is 8.72. The second kappa shape index (κ2) is 7.53. The highest BCUT2D eigenvalue weighted by Crippen LogP contribution is 2.24. The van der Waals surface area contributed by atoms with Gasteiger partial charge >= 0.3 is 5.97 Å². The molecule has 1 heterocycles. The van der Waals surface area contributed by atoms with Crippen LogP contribution >= 0.6 is 0 Å². The minimum absolute atomic E-state index is 0.182. The van der Waals surface area contributed by atoms with Gasteiger partial charge in [-0.05, 0) is 32.9 Å². The van der Waals surface area contributed by atoms with Crippen LogP contribution in [0.1, 0.15) is 20.8 Å². The summed E-state index contributed by atoms with van der Waals surface area (Å²) < 4.78 is 10.5. The Labute approximate surface area is 108 Å². The lowest BCUT2D eigenvalue weighted by molar-refractivity contribution is -0.141. The molecule has 0 aromatic carbocycles. The zero-order valence-corrected chi connectivity index (χ0v) is 11.2. The molecular weight excluding hydrogens is 232 g/mol. The van der Waals surface area contributed by atoms with Crippen LogP contribution in [0.3, 0.4) is 0 Å². The van der Waals surface area contributed by atoms with E-state index in [1.807, 2.05) is 30.9 Å². The average molecular weight is 252 g/mol. The van der Waals surface area contributed by atoms with Gasteiger partial charge in [0.15, 0.2) is 11.6 Å². The highest BCUT2D eigenvalue weighted by Gasteiger charge is 2.15. The van der Waals surface area contributed by atoms with Crippen LogP contribution < -0.4 is 9.64 Å². The maximum atomic E-state index is 11.5.